The van der Waals surface area contributed by atoms with Crippen molar-refractivity contribution in [2.75, 3.05) is 34.9 Å². The average Bonchev–Trinajstić information content (AvgIpc) is 4.08. The molecule has 18 heteroatoms. The number of nitrogens with one attached hydrogen (secondary N) is 1. The number of carbonyl (C=O) groups excluding carboxylic acids is 8. The number of carbonyl (C=O) groups is 8. The van der Waals surface area contributed by atoms with Crippen molar-refractivity contribution < 1.29 is 57.7 Å². The van der Waals surface area contributed by atoms with Crippen molar-refractivity contribution in [2.24, 2.45) is 58.4 Å². The number of nitrogens with zero attached hydrogens (tertiary/aromatic N) is 1. The summed E-state index contributed by atoms with van der Waals surface area (Å²) in [6.45, 7) is 21.5. The van der Waals surface area contributed by atoms with Crippen molar-refractivity contribution in [3.05, 3.63) is 47.8 Å². The summed E-state index contributed by atoms with van der Waals surface area (Å²) >= 11 is 0. The molecule has 1 aliphatic carbocycles. The third kappa shape index (κ3) is 57.4. The molecule has 0 saturated heterocycles. The van der Waals surface area contributed by atoms with Gasteiger partial charge in [0, 0.05) is 52.7 Å². The van der Waals surface area contributed by atoms with E-state index in [0.717, 1.165) is 83.7 Å². The predicted molar refractivity (Wildman–Crippen MR) is 282 cm³/mol. The molecule has 11 N–H and O–H groups in total. The van der Waals surface area contributed by atoms with Crippen LogP contribution in [0.2, 0.25) is 0 Å². The first-order chi connectivity index (χ1) is 33.4. The molecule has 2 rings (SSSR count). The number of allylic oxidation sites excluding steroid dienone is 1. The summed E-state index contributed by atoms with van der Waals surface area (Å²) < 4.78 is 20.3. The number of hydrogen-bond donors (Lipinski definition) is 7. The SMILES string of the molecule is C/C=C\C(=O)N(C=O)CCCCCCCC(=O)CC[C@@H](CC1CC1NC=O)C(OC)C(C)C(C=O)Cc1ccccc1F.CC(C)C.CCC.CCC(C)C.CN.CO.CO.NC=O.NC=O.NC=O. The zero-order valence-electron chi connectivity index (χ0n) is 45.6. The predicted octanol–water partition coefficient (Wildman–Crippen LogP) is 6.45. The number of methoxy groups -OCH3 is 1. The molecular weight excluding hydrogens is 904 g/mol. The molecule has 412 valence electrons. The monoisotopic (exact) mass is 1000 g/mol. The van der Waals surface area contributed by atoms with Crippen LogP contribution < -0.4 is 28.3 Å². The van der Waals surface area contributed by atoms with E-state index in [1.165, 1.54) is 36.9 Å². The third-order valence-corrected chi connectivity index (χ3v) is 9.51. The van der Waals surface area contributed by atoms with E-state index in [9.17, 15) is 28.4 Å². The average molecular weight is 1010 g/mol. The number of nitrogens with two attached hydrogens (primary N) is 4. The second-order valence-corrected chi connectivity index (χ2v) is 16.4. The van der Waals surface area contributed by atoms with Gasteiger partial charge in [0.25, 0.3) is 5.91 Å². The molecule has 0 aliphatic heterocycles. The number of benzene rings is 1. The van der Waals surface area contributed by atoms with Crippen molar-refractivity contribution in [3.63, 3.8) is 0 Å². The third-order valence-electron chi connectivity index (χ3n) is 9.51. The van der Waals surface area contributed by atoms with Crippen molar-refractivity contribution in [1.29, 1.82) is 0 Å². The number of hydrogen-bond acceptors (Lipinski definition) is 12. The van der Waals surface area contributed by atoms with E-state index in [1.54, 1.807) is 38.3 Å². The number of Topliss-reactive ketones (excluding diaryl/α,β-unsaturated/α-hetero) is 1. The first-order valence-electron chi connectivity index (χ1n) is 24.2. The van der Waals surface area contributed by atoms with E-state index in [4.69, 9.17) is 29.3 Å². The Bertz CT molecular complexity index is 1340. The summed E-state index contributed by atoms with van der Waals surface area (Å²) in [7, 11) is 5.12. The highest BCUT2D eigenvalue weighted by Crippen LogP contribution is 2.41. The Morgan fingerprint density at radius 3 is 1.69 bits per heavy atom. The van der Waals surface area contributed by atoms with Crippen LogP contribution >= 0.6 is 0 Å². The standard InChI is InChI=1S/C34H49FN2O6.C5H12.C4H10.C3H8.3CH3NO.CH5N.2CH4O/c1-4-12-33(42)37(24-40)18-11-7-5-6-8-14-30(41)17-16-27(20-28-21-32(28)36-23-39)34(43-3)25(2)29(22-38)19-26-13-9-10-15-31(26)35;1-4-5(2)3;1-4(2)3;1-3-2;3*2-1-3;3*1-2/h4,9-10,12-13,15,22-25,27-29,32,34H,5-8,11,14,16-21H2,1-3H3,(H,36,39);5H,4H2,1-3H3;4H,1-3H3;3H2,1-2H3;3*1H,(H2,2,3);2H2,1H3;2*2H,1H3/b12-4-;;;;;;;;;/t25?,27-,28?,29?,32?,34?;;;;;;;;;/m0........./s1. The van der Waals surface area contributed by atoms with Crippen LogP contribution in [0.25, 0.3) is 0 Å². The molecule has 1 fully saturated rings. The van der Waals surface area contributed by atoms with Crippen molar-refractivity contribution >= 4 is 50.0 Å². The molecule has 70 heavy (non-hydrogen) atoms. The number of amides is 6. The zero-order chi connectivity index (χ0) is 56.3. The smallest absolute Gasteiger partial charge is 0.252 e. The Labute approximate surface area is 422 Å². The minimum absolute atomic E-state index is 0.0153. The van der Waals surface area contributed by atoms with Gasteiger partial charge < -0.3 is 48.0 Å². The Kier molecular flexibility index (Phi) is 77.5. The lowest BCUT2D eigenvalue weighted by Gasteiger charge is -2.34. The maximum Gasteiger partial charge on any atom is 0.252 e. The highest BCUT2D eigenvalue weighted by atomic mass is 19.1. The molecule has 17 nitrogen and oxygen atoms in total. The largest absolute Gasteiger partial charge is 0.400 e. The highest BCUT2D eigenvalue weighted by Gasteiger charge is 2.42. The molecular formula is C52H101FN6O11. The van der Waals surface area contributed by atoms with E-state index in [2.05, 4.69) is 83.6 Å². The van der Waals surface area contributed by atoms with E-state index in [1.807, 2.05) is 6.92 Å². The van der Waals surface area contributed by atoms with Gasteiger partial charge in [-0.3, -0.25) is 38.5 Å². The van der Waals surface area contributed by atoms with Gasteiger partial charge in [0.05, 0.1) is 6.10 Å². The fourth-order valence-electron chi connectivity index (χ4n) is 6.02. The number of aliphatic hydroxyl groups is 2. The van der Waals surface area contributed by atoms with Gasteiger partial charge in [-0.05, 0) is 99.8 Å². The normalized spacial score (nSPS) is 13.8. The van der Waals surface area contributed by atoms with E-state index >= 15 is 0 Å². The molecule has 6 atom stereocenters. The van der Waals surface area contributed by atoms with Crippen LogP contribution in [0, 0.1) is 41.3 Å². The first kappa shape index (κ1) is 82.0. The number of ketones is 1. The summed E-state index contributed by atoms with van der Waals surface area (Å²) in [6, 6.07) is 6.61. The number of halogens is 1. The van der Waals surface area contributed by atoms with Crippen LogP contribution in [0.5, 0.6) is 0 Å². The summed E-state index contributed by atoms with van der Waals surface area (Å²) in [5, 5.41) is 16.8. The number of rotatable bonds is 25. The van der Waals surface area contributed by atoms with Crippen LogP contribution in [0.1, 0.15) is 152 Å². The molecule has 1 aromatic rings. The molecule has 6 amide bonds. The zero-order valence-corrected chi connectivity index (χ0v) is 45.6. The Morgan fingerprint density at radius 2 is 1.29 bits per heavy atom. The van der Waals surface area contributed by atoms with Gasteiger partial charge in [0.2, 0.25) is 32.1 Å². The van der Waals surface area contributed by atoms with Crippen LogP contribution in [0.4, 0.5) is 4.39 Å². The maximum absolute atomic E-state index is 14.3. The molecule has 0 bridgehead atoms. The van der Waals surface area contributed by atoms with E-state index in [0.29, 0.717) is 43.7 Å². The lowest BCUT2D eigenvalue weighted by molar-refractivity contribution is -0.134. The molecule has 0 aromatic heterocycles. The maximum atomic E-state index is 14.3. The van der Waals surface area contributed by atoms with E-state index < -0.39 is 5.92 Å². The first-order valence-corrected chi connectivity index (χ1v) is 24.2. The van der Waals surface area contributed by atoms with Gasteiger partial charge in [-0.1, -0.05) is 119 Å². The minimum Gasteiger partial charge on any atom is -0.400 e. The second-order valence-electron chi connectivity index (χ2n) is 16.4. The molecule has 0 heterocycles. The van der Waals surface area contributed by atoms with Crippen LogP contribution in [0.15, 0.2) is 36.4 Å². The van der Waals surface area contributed by atoms with Crippen LogP contribution in [-0.2, 0) is 49.5 Å². The number of aliphatic hydroxyl groups excluding tert-OH is 2. The second kappa shape index (κ2) is 66.2. The van der Waals surface area contributed by atoms with Gasteiger partial charge in [0.15, 0.2) is 0 Å². The highest BCUT2D eigenvalue weighted by molar-refractivity contribution is 5.94. The summed E-state index contributed by atoms with van der Waals surface area (Å²) in [6.07, 6.45) is 15.8. The number of imide groups is 1. The molecule has 1 aromatic carbocycles. The summed E-state index contributed by atoms with van der Waals surface area (Å²) in [4.78, 5) is 85.7. The summed E-state index contributed by atoms with van der Waals surface area (Å²) in [5.41, 5.74) is 17.5. The Balaban J connectivity index is -0.000000196. The van der Waals surface area contributed by atoms with Gasteiger partial charge in [-0.15, -0.1) is 0 Å². The lowest BCUT2D eigenvalue weighted by atomic mass is 9.77. The Morgan fingerprint density at radius 1 is 0.829 bits per heavy atom. The van der Waals surface area contributed by atoms with Gasteiger partial charge in [0.1, 0.15) is 17.9 Å². The fourth-order valence-corrected chi connectivity index (χ4v) is 6.02. The lowest BCUT2D eigenvalue weighted by Crippen LogP contribution is -2.36. The topological polar surface area (TPSA) is 306 Å². The van der Waals surface area contributed by atoms with Gasteiger partial charge in [-0.25, -0.2) is 4.39 Å². The number of ether oxygens (including phenoxy) is 1. The molecule has 5 unspecified atom stereocenters. The minimum atomic E-state index is -0.442. The van der Waals surface area contributed by atoms with Crippen molar-refractivity contribution in [2.45, 2.75) is 165 Å². The molecule has 1 saturated carbocycles. The van der Waals surface area contributed by atoms with Crippen molar-refractivity contribution in [1.82, 2.24) is 10.2 Å². The quantitative estimate of drug-likeness (QED) is 0.0316. The van der Waals surface area contributed by atoms with Gasteiger partial charge >= 0.3 is 0 Å². The molecule has 1 aliphatic rings. The van der Waals surface area contributed by atoms with Crippen molar-refractivity contribution in [3.8, 4) is 0 Å². The number of unbranched alkanes of at least 4 members (excludes halogenated alkanes) is 4. The van der Waals surface area contributed by atoms with E-state index in [-0.39, 0.29) is 67.1 Å². The number of aldehydes is 1. The van der Waals surface area contributed by atoms with Crippen LogP contribution in [-0.4, -0.2) is 112 Å². The molecule has 0 radical (unpaired) electrons. The van der Waals surface area contributed by atoms with Crippen LogP contribution in [0.3, 0.4) is 0 Å². The molecule has 0 spiro atoms. The number of primary amides is 3. The summed E-state index contributed by atoms with van der Waals surface area (Å²) in [5.74, 6) is 0.950. The fraction of sp³-hybridized carbons (Fsp3) is 0.692. The Hall–Kier alpha value is -4.91. The van der Waals surface area contributed by atoms with Gasteiger partial charge in [-0.2, -0.15) is 0 Å².